The number of rotatable bonds is 4. The van der Waals surface area contributed by atoms with Crippen LogP contribution in [-0.2, 0) is 6.42 Å². The van der Waals surface area contributed by atoms with Crippen LogP contribution in [0.25, 0.3) is 0 Å². The van der Waals surface area contributed by atoms with E-state index in [0.29, 0.717) is 11.8 Å². The van der Waals surface area contributed by atoms with Crippen molar-refractivity contribution < 1.29 is 9.84 Å². The Bertz CT molecular complexity index is 385. The van der Waals surface area contributed by atoms with Crippen LogP contribution in [0.1, 0.15) is 31.4 Å². The first-order valence-electron chi connectivity index (χ1n) is 6.47. The van der Waals surface area contributed by atoms with Crippen LogP contribution in [0.2, 0.25) is 0 Å². The second-order valence-electron chi connectivity index (χ2n) is 5.48. The summed E-state index contributed by atoms with van der Waals surface area (Å²) in [7, 11) is 0. The van der Waals surface area contributed by atoms with Gasteiger partial charge in [0.05, 0.1) is 0 Å². The zero-order chi connectivity index (χ0) is 12.4. The molecule has 0 spiro atoms. The smallest absolute Gasteiger partial charge is 0.123 e. The molecule has 1 N–H and O–H groups in total. The fourth-order valence-corrected chi connectivity index (χ4v) is 2.48. The summed E-state index contributed by atoms with van der Waals surface area (Å²) in [6.45, 7) is 6.69. The summed E-state index contributed by atoms with van der Waals surface area (Å²) in [5.41, 5.74) is 2.60. The Kier molecular flexibility index (Phi) is 3.72. The Labute approximate surface area is 104 Å². The van der Waals surface area contributed by atoms with Gasteiger partial charge in [0.15, 0.2) is 0 Å². The van der Waals surface area contributed by atoms with Gasteiger partial charge in [-0.25, -0.2) is 0 Å². The van der Waals surface area contributed by atoms with E-state index in [1.54, 1.807) is 0 Å². The van der Waals surface area contributed by atoms with Gasteiger partial charge in [-0.3, -0.25) is 0 Å². The summed E-state index contributed by atoms with van der Waals surface area (Å²) in [5, 5.41) is 9.36. The highest BCUT2D eigenvalue weighted by Crippen LogP contribution is 2.32. The standard InChI is InChI=1S/C15H22O2/c1-10(2)13(9-16)8-14-7-12-6-11(3)4-5-15(12)17-14/h4-6,10,13-14,16H,7-9H2,1-3H3. The fourth-order valence-electron chi connectivity index (χ4n) is 2.48. The van der Waals surface area contributed by atoms with Crippen molar-refractivity contribution >= 4 is 0 Å². The molecule has 1 aliphatic rings. The van der Waals surface area contributed by atoms with Crippen molar-refractivity contribution in [2.24, 2.45) is 11.8 Å². The molecule has 2 heteroatoms. The van der Waals surface area contributed by atoms with Gasteiger partial charge < -0.3 is 9.84 Å². The lowest BCUT2D eigenvalue weighted by Crippen LogP contribution is -2.23. The van der Waals surface area contributed by atoms with E-state index in [9.17, 15) is 5.11 Å². The number of hydrogen-bond donors (Lipinski definition) is 1. The van der Waals surface area contributed by atoms with Crippen LogP contribution in [0, 0.1) is 18.8 Å². The third-order valence-electron chi connectivity index (χ3n) is 3.70. The molecule has 0 saturated heterocycles. The first-order valence-corrected chi connectivity index (χ1v) is 6.47. The van der Waals surface area contributed by atoms with E-state index in [1.165, 1.54) is 11.1 Å². The summed E-state index contributed by atoms with van der Waals surface area (Å²) in [5.74, 6) is 1.88. The van der Waals surface area contributed by atoms with Gasteiger partial charge in [-0.15, -0.1) is 0 Å². The molecule has 0 saturated carbocycles. The predicted octanol–water partition coefficient (Wildman–Crippen LogP) is 2.95. The zero-order valence-corrected chi connectivity index (χ0v) is 10.9. The fraction of sp³-hybridized carbons (Fsp3) is 0.600. The number of aliphatic hydroxyl groups excluding tert-OH is 1. The molecule has 0 aliphatic carbocycles. The third kappa shape index (κ3) is 2.81. The van der Waals surface area contributed by atoms with Crippen molar-refractivity contribution in [2.75, 3.05) is 6.61 Å². The largest absolute Gasteiger partial charge is 0.490 e. The Balaban J connectivity index is 2.00. The van der Waals surface area contributed by atoms with Crippen molar-refractivity contribution in [2.45, 2.75) is 39.7 Å². The van der Waals surface area contributed by atoms with Gasteiger partial charge in [-0.2, -0.15) is 0 Å². The minimum atomic E-state index is 0.242. The maximum atomic E-state index is 9.36. The highest BCUT2D eigenvalue weighted by atomic mass is 16.5. The predicted molar refractivity (Wildman–Crippen MR) is 69.3 cm³/mol. The minimum absolute atomic E-state index is 0.242. The van der Waals surface area contributed by atoms with Gasteiger partial charge in [-0.05, 0) is 36.8 Å². The van der Waals surface area contributed by atoms with Crippen LogP contribution >= 0.6 is 0 Å². The summed E-state index contributed by atoms with van der Waals surface area (Å²) >= 11 is 0. The molecular formula is C15H22O2. The maximum absolute atomic E-state index is 9.36. The first kappa shape index (κ1) is 12.4. The maximum Gasteiger partial charge on any atom is 0.123 e. The van der Waals surface area contributed by atoms with Gasteiger partial charge in [-0.1, -0.05) is 31.5 Å². The minimum Gasteiger partial charge on any atom is -0.490 e. The lowest BCUT2D eigenvalue weighted by molar-refractivity contribution is 0.124. The van der Waals surface area contributed by atoms with Crippen LogP contribution < -0.4 is 4.74 Å². The van der Waals surface area contributed by atoms with Crippen LogP contribution in [0.4, 0.5) is 0 Å². The molecule has 1 aromatic carbocycles. The zero-order valence-electron chi connectivity index (χ0n) is 10.9. The molecule has 1 heterocycles. The average Bonchev–Trinajstić information content (AvgIpc) is 2.66. The molecule has 0 radical (unpaired) electrons. The Morgan fingerprint density at radius 3 is 2.82 bits per heavy atom. The highest BCUT2D eigenvalue weighted by Gasteiger charge is 2.26. The van der Waals surface area contributed by atoms with Crippen molar-refractivity contribution in [1.82, 2.24) is 0 Å². The summed E-state index contributed by atoms with van der Waals surface area (Å²) in [6.07, 6.45) is 2.17. The molecular weight excluding hydrogens is 212 g/mol. The molecule has 2 atom stereocenters. The molecule has 2 unspecified atom stereocenters. The van der Waals surface area contributed by atoms with Gasteiger partial charge >= 0.3 is 0 Å². The molecule has 1 aliphatic heterocycles. The summed E-state index contributed by atoms with van der Waals surface area (Å²) < 4.78 is 5.93. The SMILES string of the molecule is Cc1ccc2c(c1)CC(CC(CO)C(C)C)O2. The van der Waals surface area contributed by atoms with Crippen molar-refractivity contribution in [3.05, 3.63) is 29.3 Å². The molecule has 0 aromatic heterocycles. The normalized spacial score (nSPS) is 20.2. The molecule has 0 bridgehead atoms. The molecule has 0 amide bonds. The lowest BCUT2D eigenvalue weighted by atomic mass is 9.90. The topological polar surface area (TPSA) is 29.5 Å². The van der Waals surface area contributed by atoms with Gasteiger partial charge in [0, 0.05) is 13.0 Å². The van der Waals surface area contributed by atoms with Crippen LogP contribution in [-0.4, -0.2) is 17.8 Å². The van der Waals surface area contributed by atoms with E-state index in [-0.39, 0.29) is 12.7 Å². The number of hydrogen-bond acceptors (Lipinski definition) is 2. The van der Waals surface area contributed by atoms with Crippen molar-refractivity contribution in [1.29, 1.82) is 0 Å². The summed E-state index contributed by atoms with van der Waals surface area (Å²) in [6, 6.07) is 6.36. The molecule has 2 nitrogen and oxygen atoms in total. The third-order valence-corrected chi connectivity index (χ3v) is 3.70. The monoisotopic (exact) mass is 234 g/mol. The molecule has 2 rings (SSSR count). The van der Waals surface area contributed by atoms with Gasteiger partial charge in [0.1, 0.15) is 11.9 Å². The first-order chi connectivity index (χ1) is 8.10. The highest BCUT2D eigenvalue weighted by molar-refractivity contribution is 5.40. The van der Waals surface area contributed by atoms with Gasteiger partial charge in [0.25, 0.3) is 0 Å². The second kappa shape index (κ2) is 5.09. The van der Waals surface area contributed by atoms with E-state index < -0.39 is 0 Å². The average molecular weight is 234 g/mol. The molecule has 1 aromatic rings. The number of aliphatic hydroxyl groups is 1. The number of fused-ring (bicyclic) bond motifs is 1. The van der Waals surface area contributed by atoms with E-state index >= 15 is 0 Å². The Hall–Kier alpha value is -1.02. The lowest BCUT2D eigenvalue weighted by Gasteiger charge is -2.21. The van der Waals surface area contributed by atoms with E-state index in [2.05, 4.69) is 39.0 Å². The number of aryl methyl sites for hydroxylation is 1. The number of ether oxygens (including phenoxy) is 1. The van der Waals surface area contributed by atoms with Crippen LogP contribution in [0.5, 0.6) is 5.75 Å². The number of benzene rings is 1. The van der Waals surface area contributed by atoms with Crippen molar-refractivity contribution in [3.8, 4) is 5.75 Å². The molecule has 94 valence electrons. The quantitative estimate of drug-likeness (QED) is 0.868. The van der Waals surface area contributed by atoms with Crippen LogP contribution in [0.15, 0.2) is 18.2 Å². The summed E-state index contributed by atoms with van der Waals surface area (Å²) in [4.78, 5) is 0. The van der Waals surface area contributed by atoms with E-state index in [4.69, 9.17) is 4.74 Å². The van der Waals surface area contributed by atoms with Crippen molar-refractivity contribution in [3.63, 3.8) is 0 Å². The molecule has 17 heavy (non-hydrogen) atoms. The van der Waals surface area contributed by atoms with E-state index in [0.717, 1.165) is 18.6 Å². The van der Waals surface area contributed by atoms with E-state index in [1.807, 2.05) is 0 Å². The van der Waals surface area contributed by atoms with Crippen LogP contribution in [0.3, 0.4) is 0 Å². The second-order valence-corrected chi connectivity index (χ2v) is 5.48. The van der Waals surface area contributed by atoms with Gasteiger partial charge in [0.2, 0.25) is 0 Å². The Morgan fingerprint density at radius 2 is 2.18 bits per heavy atom. The Morgan fingerprint density at radius 1 is 1.41 bits per heavy atom. The molecule has 0 fully saturated rings.